The molecule has 0 aliphatic carbocycles. The first-order valence-electron chi connectivity index (χ1n) is 7.80. The van der Waals surface area contributed by atoms with Gasteiger partial charge in [0, 0.05) is 5.69 Å². The van der Waals surface area contributed by atoms with Crippen molar-refractivity contribution in [1.29, 1.82) is 0 Å². The number of carbonyl (C=O) groups is 1. The van der Waals surface area contributed by atoms with E-state index in [0.29, 0.717) is 29.4 Å². The van der Waals surface area contributed by atoms with Gasteiger partial charge in [-0.1, -0.05) is 48.3 Å². The third-order valence-electron chi connectivity index (χ3n) is 3.91. The summed E-state index contributed by atoms with van der Waals surface area (Å²) in [6.45, 7) is 6.24. The van der Waals surface area contributed by atoms with Crippen LogP contribution in [0.2, 0.25) is 0 Å². The maximum atomic E-state index is 12.4. The Hall–Kier alpha value is -2.86. The number of carbonyl (C=O) groups excluding carboxylic acids is 1. The molecule has 0 saturated carbocycles. The van der Waals surface area contributed by atoms with E-state index >= 15 is 0 Å². The molecular weight excluding hydrogens is 336 g/mol. The Morgan fingerprint density at radius 3 is 2.72 bits per heavy atom. The number of thiazole rings is 1. The third kappa shape index (κ3) is 3.80. The van der Waals surface area contributed by atoms with Crippen LogP contribution in [0.15, 0.2) is 58.5 Å². The molecule has 2 heterocycles. The second kappa shape index (κ2) is 7.36. The lowest BCUT2D eigenvalue weighted by Crippen LogP contribution is -2.22. The molecule has 0 bridgehead atoms. The van der Waals surface area contributed by atoms with Gasteiger partial charge in [-0.25, -0.2) is 0 Å². The van der Waals surface area contributed by atoms with Crippen molar-refractivity contribution in [3.05, 3.63) is 86.4 Å². The Labute approximate surface area is 149 Å². The first-order chi connectivity index (χ1) is 12.1. The lowest BCUT2D eigenvalue weighted by molar-refractivity contribution is 0.0951. The van der Waals surface area contributed by atoms with Crippen LogP contribution < -0.4 is 10.2 Å². The molecule has 3 rings (SSSR count). The van der Waals surface area contributed by atoms with Crippen molar-refractivity contribution >= 4 is 23.3 Å². The van der Waals surface area contributed by atoms with Gasteiger partial charge in [-0.3, -0.25) is 14.2 Å². The molecule has 2 aromatic heterocycles. The Morgan fingerprint density at radius 2 is 2.08 bits per heavy atom. The van der Waals surface area contributed by atoms with E-state index in [0.717, 1.165) is 22.5 Å². The van der Waals surface area contributed by atoms with Gasteiger partial charge >= 0.3 is 4.87 Å². The molecule has 0 aliphatic heterocycles. The Morgan fingerprint density at radius 1 is 1.32 bits per heavy atom. The molecule has 0 aliphatic rings. The molecule has 128 valence electrons. The number of aromatic nitrogens is 1. The molecule has 0 fully saturated rings. The molecule has 6 heteroatoms. The van der Waals surface area contributed by atoms with Crippen LogP contribution in [0.4, 0.5) is 0 Å². The maximum Gasteiger partial charge on any atom is 0.308 e. The first kappa shape index (κ1) is 17.0. The zero-order valence-electron chi connectivity index (χ0n) is 13.8. The van der Waals surface area contributed by atoms with Crippen molar-refractivity contribution in [2.45, 2.75) is 20.0 Å². The van der Waals surface area contributed by atoms with Gasteiger partial charge in [0.25, 0.3) is 5.91 Å². The van der Waals surface area contributed by atoms with Crippen molar-refractivity contribution in [2.24, 2.45) is 0 Å². The summed E-state index contributed by atoms with van der Waals surface area (Å²) in [6, 6.07) is 11.4. The topological polar surface area (TPSA) is 64.2 Å². The second-order valence-corrected chi connectivity index (χ2v) is 6.54. The van der Waals surface area contributed by atoms with Crippen LogP contribution in [0, 0.1) is 6.92 Å². The quantitative estimate of drug-likeness (QED) is 0.737. The third-order valence-corrected chi connectivity index (χ3v) is 4.99. The number of hydrogen-bond donors (Lipinski definition) is 1. The van der Waals surface area contributed by atoms with Crippen LogP contribution in [0.1, 0.15) is 32.3 Å². The number of furan rings is 1. The summed E-state index contributed by atoms with van der Waals surface area (Å²) in [4.78, 5) is 24.9. The van der Waals surface area contributed by atoms with Crippen LogP contribution in [-0.2, 0) is 13.1 Å². The lowest BCUT2D eigenvalue weighted by Gasteiger charge is -2.07. The number of amides is 1. The minimum Gasteiger partial charge on any atom is -0.467 e. The van der Waals surface area contributed by atoms with Crippen molar-refractivity contribution in [2.75, 3.05) is 0 Å². The highest BCUT2D eigenvalue weighted by molar-refractivity contribution is 7.11. The zero-order valence-corrected chi connectivity index (χ0v) is 14.6. The molecule has 0 saturated heterocycles. The van der Waals surface area contributed by atoms with E-state index in [1.807, 2.05) is 24.3 Å². The summed E-state index contributed by atoms with van der Waals surface area (Å²) >= 11 is 0.962. The normalized spacial score (nSPS) is 10.6. The number of hydrogen-bond acceptors (Lipinski definition) is 4. The van der Waals surface area contributed by atoms with Gasteiger partial charge in [-0.15, -0.1) is 0 Å². The average molecular weight is 354 g/mol. The largest absolute Gasteiger partial charge is 0.467 e. The van der Waals surface area contributed by atoms with Gasteiger partial charge in [0.1, 0.15) is 10.6 Å². The number of benzene rings is 1. The second-order valence-electron chi connectivity index (χ2n) is 5.58. The summed E-state index contributed by atoms with van der Waals surface area (Å²) in [5.41, 5.74) is 2.69. The van der Waals surface area contributed by atoms with Crippen LogP contribution in [0.3, 0.4) is 0 Å². The van der Waals surface area contributed by atoms with E-state index < -0.39 is 0 Å². The molecule has 25 heavy (non-hydrogen) atoms. The van der Waals surface area contributed by atoms with Crippen LogP contribution in [-0.4, -0.2) is 10.5 Å². The van der Waals surface area contributed by atoms with E-state index in [-0.39, 0.29) is 10.8 Å². The molecule has 5 nitrogen and oxygen atoms in total. The maximum absolute atomic E-state index is 12.4. The van der Waals surface area contributed by atoms with E-state index in [2.05, 4.69) is 11.9 Å². The highest BCUT2D eigenvalue weighted by Crippen LogP contribution is 2.15. The fraction of sp³-hybridized carbons (Fsp3) is 0.158. The molecular formula is C19H18N2O3S. The summed E-state index contributed by atoms with van der Waals surface area (Å²) in [7, 11) is 0. The summed E-state index contributed by atoms with van der Waals surface area (Å²) in [6.07, 6.45) is 3.33. The first-order valence-corrected chi connectivity index (χ1v) is 8.62. The Balaban J connectivity index is 1.76. The SMILES string of the molecule is C=Cc1ccc(Cn2c(C)c(C(=O)NCc3ccco3)sc2=O)cc1. The van der Waals surface area contributed by atoms with Crippen LogP contribution in [0.5, 0.6) is 0 Å². The van der Waals surface area contributed by atoms with Gasteiger partial charge < -0.3 is 9.73 Å². The van der Waals surface area contributed by atoms with Gasteiger partial charge in [0.15, 0.2) is 0 Å². The van der Waals surface area contributed by atoms with E-state index in [4.69, 9.17) is 4.42 Å². The van der Waals surface area contributed by atoms with Gasteiger partial charge in [-0.2, -0.15) is 0 Å². The summed E-state index contributed by atoms with van der Waals surface area (Å²) in [5.74, 6) is 0.400. The molecule has 0 spiro atoms. The minimum absolute atomic E-state index is 0.145. The van der Waals surface area contributed by atoms with E-state index in [1.54, 1.807) is 36.0 Å². The monoisotopic (exact) mass is 354 g/mol. The summed E-state index contributed by atoms with van der Waals surface area (Å²) < 4.78 is 6.81. The van der Waals surface area contributed by atoms with Gasteiger partial charge in [0.05, 0.1) is 19.4 Å². The van der Waals surface area contributed by atoms with Crippen molar-refractivity contribution in [3.8, 4) is 0 Å². The number of nitrogens with zero attached hydrogens (tertiary/aromatic N) is 1. The molecule has 3 aromatic rings. The molecule has 1 amide bonds. The van der Waals surface area contributed by atoms with Crippen molar-refractivity contribution in [1.82, 2.24) is 9.88 Å². The average Bonchev–Trinajstić information content (AvgIpc) is 3.24. The lowest BCUT2D eigenvalue weighted by atomic mass is 10.1. The number of nitrogens with one attached hydrogen (secondary N) is 1. The highest BCUT2D eigenvalue weighted by Gasteiger charge is 2.17. The fourth-order valence-electron chi connectivity index (χ4n) is 2.47. The zero-order chi connectivity index (χ0) is 17.8. The van der Waals surface area contributed by atoms with Gasteiger partial charge in [-0.05, 0) is 30.2 Å². The Kier molecular flexibility index (Phi) is 5.00. The molecule has 1 aromatic carbocycles. The summed E-state index contributed by atoms with van der Waals surface area (Å²) in [5, 5.41) is 2.78. The van der Waals surface area contributed by atoms with Crippen LogP contribution in [0.25, 0.3) is 6.08 Å². The predicted molar refractivity (Wildman–Crippen MR) is 98.8 cm³/mol. The molecule has 0 atom stereocenters. The minimum atomic E-state index is -0.267. The predicted octanol–water partition coefficient (Wildman–Crippen LogP) is 3.43. The molecule has 1 N–H and O–H groups in total. The van der Waals surface area contributed by atoms with Crippen molar-refractivity contribution < 1.29 is 9.21 Å². The highest BCUT2D eigenvalue weighted by atomic mass is 32.1. The molecule has 0 radical (unpaired) electrons. The smallest absolute Gasteiger partial charge is 0.308 e. The van der Waals surface area contributed by atoms with Crippen LogP contribution >= 0.6 is 11.3 Å². The fourth-order valence-corrected chi connectivity index (χ4v) is 3.38. The standard InChI is InChI=1S/C19H18N2O3S/c1-3-14-6-8-15(9-7-14)12-21-13(2)17(25-19(21)23)18(22)20-11-16-5-4-10-24-16/h3-10H,1,11-12H2,2H3,(H,20,22). The van der Waals surface area contributed by atoms with Gasteiger partial charge in [0.2, 0.25) is 0 Å². The number of rotatable bonds is 6. The molecule has 0 unspecified atom stereocenters. The van der Waals surface area contributed by atoms with E-state index in [9.17, 15) is 9.59 Å². The van der Waals surface area contributed by atoms with E-state index in [1.165, 1.54) is 0 Å². The van der Waals surface area contributed by atoms with Crippen molar-refractivity contribution in [3.63, 3.8) is 0 Å². The Bertz CT molecular complexity index is 934.